The summed E-state index contributed by atoms with van der Waals surface area (Å²) in [5, 5.41) is 2.49. The predicted octanol–water partition coefficient (Wildman–Crippen LogP) is 2.41. The third-order valence-corrected chi connectivity index (χ3v) is 7.03. The summed E-state index contributed by atoms with van der Waals surface area (Å²) in [5.74, 6) is -0.535. The van der Waals surface area contributed by atoms with Gasteiger partial charge in [0.05, 0.1) is 11.0 Å². The largest absolute Gasteiger partial charge is 0.462 e. The van der Waals surface area contributed by atoms with Crippen molar-refractivity contribution in [3.8, 4) is 0 Å². The normalized spacial score (nSPS) is 16.2. The summed E-state index contributed by atoms with van der Waals surface area (Å²) in [4.78, 5) is 24.2. The standard InChI is InChI=1S/C20H30N2O5S/c1-13(2)27-19(23)12-21-20(24)17-10-15(4)16(5)18(11-17)28(25,26)22-8-6-14(3)7-9-22/h10-11,13-14H,6-9,12H2,1-5H3,(H,21,24). The average Bonchev–Trinajstić information content (AvgIpc) is 2.61. The van der Waals surface area contributed by atoms with E-state index in [0.29, 0.717) is 30.1 Å². The van der Waals surface area contributed by atoms with Gasteiger partial charge in [-0.2, -0.15) is 4.31 Å². The Morgan fingerprint density at radius 1 is 1.21 bits per heavy atom. The van der Waals surface area contributed by atoms with Gasteiger partial charge in [0.1, 0.15) is 6.54 Å². The van der Waals surface area contributed by atoms with E-state index >= 15 is 0 Å². The molecular formula is C20H30N2O5S. The zero-order chi connectivity index (χ0) is 21.1. The second kappa shape index (κ2) is 9.05. The van der Waals surface area contributed by atoms with E-state index in [0.717, 1.165) is 12.8 Å². The number of piperidine rings is 1. The van der Waals surface area contributed by atoms with E-state index < -0.39 is 21.9 Å². The van der Waals surface area contributed by atoms with Crippen molar-refractivity contribution in [2.75, 3.05) is 19.6 Å². The number of ether oxygens (including phenoxy) is 1. The molecule has 1 heterocycles. The van der Waals surface area contributed by atoms with Crippen molar-refractivity contribution in [2.24, 2.45) is 5.92 Å². The maximum Gasteiger partial charge on any atom is 0.325 e. The molecule has 8 heteroatoms. The first-order valence-electron chi connectivity index (χ1n) is 9.61. The molecule has 1 aromatic carbocycles. The molecular weight excluding hydrogens is 380 g/mol. The van der Waals surface area contributed by atoms with Crippen molar-refractivity contribution in [1.82, 2.24) is 9.62 Å². The Bertz CT molecular complexity index is 840. The molecule has 0 spiro atoms. The summed E-state index contributed by atoms with van der Waals surface area (Å²) in [5.41, 5.74) is 1.56. The highest BCUT2D eigenvalue weighted by atomic mass is 32.2. The molecule has 0 aliphatic carbocycles. The van der Waals surface area contributed by atoms with E-state index in [1.165, 1.54) is 10.4 Å². The Kier molecular flexibility index (Phi) is 7.22. The van der Waals surface area contributed by atoms with Crippen LogP contribution in [0.1, 0.15) is 55.1 Å². The Balaban J connectivity index is 2.24. The van der Waals surface area contributed by atoms with E-state index in [4.69, 9.17) is 4.74 Å². The van der Waals surface area contributed by atoms with E-state index in [2.05, 4.69) is 12.2 Å². The third kappa shape index (κ3) is 5.32. The number of hydrogen-bond donors (Lipinski definition) is 1. The second-order valence-electron chi connectivity index (χ2n) is 7.72. The molecule has 1 saturated heterocycles. The van der Waals surface area contributed by atoms with Crippen molar-refractivity contribution >= 4 is 21.9 Å². The van der Waals surface area contributed by atoms with Gasteiger partial charge >= 0.3 is 5.97 Å². The lowest BCUT2D eigenvalue weighted by molar-refractivity contribution is -0.146. The quantitative estimate of drug-likeness (QED) is 0.727. The molecule has 1 N–H and O–H groups in total. The van der Waals surface area contributed by atoms with Crippen molar-refractivity contribution in [3.05, 3.63) is 28.8 Å². The van der Waals surface area contributed by atoms with Gasteiger partial charge in [-0.1, -0.05) is 6.92 Å². The van der Waals surface area contributed by atoms with E-state index in [1.54, 1.807) is 33.8 Å². The predicted molar refractivity (Wildman–Crippen MR) is 107 cm³/mol. The number of carbonyl (C=O) groups excluding carboxylic acids is 2. The fourth-order valence-electron chi connectivity index (χ4n) is 3.15. The Hall–Kier alpha value is -1.93. The van der Waals surface area contributed by atoms with Crippen LogP contribution >= 0.6 is 0 Å². The molecule has 0 saturated carbocycles. The zero-order valence-corrected chi connectivity index (χ0v) is 18.1. The van der Waals surface area contributed by atoms with Crippen LogP contribution < -0.4 is 5.32 Å². The zero-order valence-electron chi connectivity index (χ0n) is 17.2. The lowest BCUT2D eigenvalue weighted by Crippen LogP contribution is -2.38. The Morgan fingerprint density at radius 2 is 1.82 bits per heavy atom. The van der Waals surface area contributed by atoms with Crippen LogP contribution in [0, 0.1) is 19.8 Å². The lowest BCUT2D eigenvalue weighted by Gasteiger charge is -2.30. The molecule has 28 heavy (non-hydrogen) atoms. The number of nitrogens with one attached hydrogen (secondary N) is 1. The smallest absolute Gasteiger partial charge is 0.325 e. The fourth-order valence-corrected chi connectivity index (χ4v) is 4.94. The molecule has 1 fully saturated rings. The monoisotopic (exact) mass is 410 g/mol. The van der Waals surface area contributed by atoms with Crippen LogP contribution in [0.3, 0.4) is 0 Å². The highest BCUT2D eigenvalue weighted by Crippen LogP contribution is 2.28. The first-order chi connectivity index (χ1) is 13.0. The number of nitrogens with zero attached hydrogens (tertiary/aromatic N) is 1. The van der Waals surface area contributed by atoms with Crippen LogP contribution in [0.15, 0.2) is 17.0 Å². The molecule has 1 aromatic rings. The number of benzene rings is 1. The number of aryl methyl sites for hydroxylation is 1. The topological polar surface area (TPSA) is 92.8 Å². The molecule has 0 bridgehead atoms. The van der Waals surface area contributed by atoms with E-state index in [9.17, 15) is 18.0 Å². The van der Waals surface area contributed by atoms with Gasteiger partial charge in [-0.15, -0.1) is 0 Å². The number of hydrogen-bond acceptors (Lipinski definition) is 5. The molecule has 1 amide bonds. The van der Waals surface area contributed by atoms with Crippen molar-refractivity contribution in [3.63, 3.8) is 0 Å². The van der Waals surface area contributed by atoms with Gasteiger partial charge in [-0.05, 0) is 69.7 Å². The summed E-state index contributed by atoms with van der Waals surface area (Å²) in [6, 6.07) is 3.04. The summed E-state index contributed by atoms with van der Waals surface area (Å²) >= 11 is 0. The van der Waals surface area contributed by atoms with Crippen LogP contribution in [0.25, 0.3) is 0 Å². The SMILES string of the molecule is Cc1cc(C(=O)NCC(=O)OC(C)C)cc(S(=O)(=O)N2CCC(C)CC2)c1C. The van der Waals surface area contributed by atoms with Crippen molar-refractivity contribution in [1.29, 1.82) is 0 Å². The minimum atomic E-state index is -3.68. The van der Waals surface area contributed by atoms with Gasteiger partial charge in [0, 0.05) is 18.7 Å². The average molecular weight is 411 g/mol. The second-order valence-corrected chi connectivity index (χ2v) is 9.63. The van der Waals surface area contributed by atoms with Gasteiger partial charge in [0.15, 0.2) is 0 Å². The maximum atomic E-state index is 13.1. The molecule has 0 aromatic heterocycles. The van der Waals surface area contributed by atoms with Gasteiger partial charge in [-0.25, -0.2) is 8.42 Å². The Morgan fingerprint density at radius 3 is 2.39 bits per heavy atom. The first kappa shape index (κ1) is 22.4. The number of amides is 1. The van der Waals surface area contributed by atoms with Crippen LogP contribution in [0.2, 0.25) is 0 Å². The first-order valence-corrected chi connectivity index (χ1v) is 11.1. The van der Waals surface area contributed by atoms with Crippen LogP contribution in [-0.2, 0) is 19.6 Å². The molecule has 7 nitrogen and oxygen atoms in total. The molecule has 0 unspecified atom stereocenters. The molecule has 2 rings (SSSR count). The molecule has 0 radical (unpaired) electrons. The van der Waals surface area contributed by atoms with Crippen molar-refractivity contribution in [2.45, 2.75) is 58.5 Å². The number of esters is 1. The highest BCUT2D eigenvalue weighted by molar-refractivity contribution is 7.89. The maximum absolute atomic E-state index is 13.1. The number of sulfonamides is 1. The van der Waals surface area contributed by atoms with E-state index in [1.807, 2.05) is 0 Å². The van der Waals surface area contributed by atoms with Gasteiger partial charge in [0.25, 0.3) is 5.91 Å². The fraction of sp³-hybridized carbons (Fsp3) is 0.600. The van der Waals surface area contributed by atoms with Gasteiger partial charge in [-0.3, -0.25) is 9.59 Å². The summed E-state index contributed by atoms with van der Waals surface area (Å²) in [7, 11) is -3.68. The van der Waals surface area contributed by atoms with Crippen LogP contribution in [-0.4, -0.2) is 50.3 Å². The van der Waals surface area contributed by atoms with Gasteiger partial charge in [0.2, 0.25) is 10.0 Å². The molecule has 0 atom stereocenters. The molecule has 1 aliphatic heterocycles. The van der Waals surface area contributed by atoms with Crippen LogP contribution in [0.4, 0.5) is 0 Å². The minimum Gasteiger partial charge on any atom is -0.462 e. The lowest BCUT2D eigenvalue weighted by atomic mass is 10.0. The molecule has 1 aliphatic rings. The Labute approximate surface area is 167 Å². The third-order valence-electron chi connectivity index (χ3n) is 5.00. The summed E-state index contributed by atoms with van der Waals surface area (Å²) < 4.78 is 32.8. The van der Waals surface area contributed by atoms with E-state index in [-0.39, 0.29) is 23.1 Å². The number of carbonyl (C=O) groups is 2. The highest BCUT2D eigenvalue weighted by Gasteiger charge is 2.30. The van der Waals surface area contributed by atoms with Gasteiger partial charge < -0.3 is 10.1 Å². The summed E-state index contributed by atoms with van der Waals surface area (Å²) in [6.45, 7) is 9.79. The van der Waals surface area contributed by atoms with Crippen molar-refractivity contribution < 1.29 is 22.7 Å². The minimum absolute atomic E-state index is 0.150. The van der Waals surface area contributed by atoms with Crippen LogP contribution in [0.5, 0.6) is 0 Å². The number of rotatable bonds is 6. The summed E-state index contributed by atoms with van der Waals surface area (Å²) in [6.07, 6.45) is 1.39. The molecule has 156 valence electrons.